The van der Waals surface area contributed by atoms with Crippen LogP contribution in [0.25, 0.3) is 0 Å². The van der Waals surface area contributed by atoms with Gasteiger partial charge in [-0.05, 0) is 50.5 Å². The van der Waals surface area contributed by atoms with Gasteiger partial charge >= 0.3 is 0 Å². The van der Waals surface area contributed by atoms with Gasteiger partial charge in [0.05, 0.1) is 29.2 Å². The lowest BCUT2D eigenvalue weighted by Gasteiger charge is -2.39. The van der Waals surface area contributed by atoms with E-state index in [-0.39, 0.29) is 30.9 Å². The van der Waals surface area contributed by atoms with Crippen LogP contribution in [0.2, 0.25) is 5.02 Å². The molecule has 3 heterocycles. The molecular weight excluding hydrogens is 510 g/mol. The molecule has 9 heteroatoms. The van der Waals surface area contributed by atoms with E-state index in [9.17, 15) is 19.5 Å². The van der Waals surface area contributed by atoms with Crippen LogP contribution in [-0.4, -0.2) is 80.9 Å². The number of carbonyl (C=O) groups excluding carboxylic acids is 3. The summed E-state index contributed by atoms with van der Waals surface area (Å²) in [5.41, 5.74) is 0.653. The van der Waals surface area contributed by atoms with Crippen LogP contribution < -0.4 is 4.90 Å². The van der Waals surface area contributed by atoms with E-state index in [2.05, 4.69) is 20.1 Å². The molecule has 37 heavy (non-hydrogen) atoms. The van der Waals surface area contributed by atoms with Gasteiger partial charge in [-0.25, -0.2) is 0 Å². The zero-order chi connectivity index (χ0) is 27.1. The van der Waals surface area contributed by atoms with Gasteiger partial charge in [-0.1, -0.05) is 30.7 Å². The number of hydrogen-bond acceptors (Lipinski definition) is 5. The van der Waals surface area contributed by atoms with Gasteiger partial charge in [-0.15, -0.1) is 24.9 Å². The molecule has 3 fully saturated rings. The normalized spacial score (nSPS) is 30.7. The maximum Gasteiger partial charge on any atom is 0.251 e. The van der Waals surface area contributed by atoms with Crippen molar-refractivity contribution < 1.29 is 19.5 Å². The maximum absolute atomic E-state index is 14.5. The standard InChI is InChI=1S/C28H36ClN3O4S/c1-6-15-30(5)24(34)21-22-25(35)32(19(8-3)17-33)23(28(22)14-13-27(21,4)37-28)26(36)31(16-7-2)20-11-9-18(29)10-12-20/h6-7,9-12,19,21-23,33H,1-2,8,13-17H2,3-5H3/t19-,21-,22-,23?,27+,28?/m0/s1. The average Bonchev–Trinajstić information content (AvgIpc) is 3.44. The molecule has 1 aromatic carbocycles. The Kier molecular flexibility index (Phi) is 7.84. The third-order valence-corrected chi connectivity index (χ3v) is 10.5. The SMILES string of the molecule is C=CCN(C)C(=O)[C@@H]1[C@H]2C(=O)N([C@@H](CC)CO)C(C(=O)N(CC=C)c3ccc(Cl)cc3)C23CC[C@@]1(C)S3. The Labute approximate surface area is 228 Å². The minimum atomic E-state index is -0.813. The summed E-state index contributed by atoms with van der Waals surface area (Å²) >= 11 is 7.73. The lowest BCUT2D eigenvalue weighted by Crippen LogP contribution is -2.57. The number of fused-ring (bicyclic) bond motifs is 1. The van der Waals surface area contributed by atoms with Gasteiger partial charge < -0.3 is 19.8 Å². The van der Waals surface area contributed by atoms with Crippen LogP contribution in [0.15, 0.2) is 49.6 Å². The Morgan fingerprint density at radius 1 is 1.22 bits per heavy atom. The van der Waals surface area contributed by atoms with Gasteiger partial charge in [-0.3, -0.25) is 14.4 Å². The van der Waals surface area contributed by atoms with Crippen LogP contribution >= 0.6 is 23.4 Å². The summed E-state index contributed by atoms with van der Waals surface area (Å²) in [7, 11) is 1.73. The molecule has 6 atom stereocenters. The van der Waals surface area contributed by atoms with Crippen molar-refractivity contribution in [1.29, 1.82) is 0 Å². The number of aliphatic hydroxyl groups is 1. The third kappa shape index (κ3) is 4.31. The number of hydrogen-bond donors (Lipinski definition) is 1. The number of benzene rings is 1. The molecule has 0 aliphatic carbocycles. The zero-order valence-electron chi connectivity index (χ0n) is 21.7. The van der Waals surface area contributed by atoms with E-state index in [0.717, 1.165) is 6.42 Å². The zero-order valence-corrected chi connectivity index (χ0v) is 23.3. The van der Waals surface area contributed by atoms with Crippen LogP contribution in [0.4, 0.5) is 5.69 Å². The van der Waals surface area contributed by atoms with E-state index in [4.69, 9.17) is 11.6 Å². The first-order chi connectivity index (χ1) is 17.6. The highest BCUT2D eigenvalue weighted by Crippen LogP contribution is 2.72. The highest BCUT2D eigenvalue weighted by molar-refractivity contribution is 8.02. The van der Waals surface area contributed by atoms with Gasteiger partial charge in [0.15, 0.2) is 0 Å². The maximum atomic E-state index is 14.5. The summed E-state index contributed by atoms with van der Waals surface area (Å²) in [6, 6.07) is 5.67. The van der Waals surface area contributed by atoms with Gasteiger partial charge in [-0.2, -0.15) is 0 Å². The molecular formula is C28H36ClN3O4S. The number of anilines is 1. The second-order valence-electron chi connectivity index (χ2n) is 10.4. The van der Waals surface area contributed by atoms with Crippen molar-refractivity contribution in [3.63, 3.8) is 0 Å². The summed E-state index contributed by atoms with van der Waals surface area (Å²) < 4.78 is -1.21. The number of aliphatic hydroxyl groups excluding tert-OH is 1. The molecule has 7 nitrogen and oxygen atoms in total. The highest BCUT2D eigenvalue weighted by Gasteiger charge is 2.78. The first kappa shape index (κ1) is 27.7. The second-order valence-corrected chi connectivity index (χ2v) is 12.8. The predicted molar refractivity (Wildman–Crippen MR) is 149 cm³/mol. The number of nitrogens with zero attached hydrogens (tertiary/aromatic N) is 3. The Morgan fingerprint density at radius 2 is 1.86 bits per heavy atom. The van der Waals surface area contributed by atoms with Crippen molar-refractivity contribution in [2.75, 3.05) is 31.6 Å². The van der Waals surface area contributed by atoms with E-state index < -0.39 is 33.4 Å². The summed E-state index contributed by atoms with van der Waals surface area (Å²) in [4.78, 5) is 47.3. The molecule has 3 aliphatic heterocycles. The molecule has 200 valence electrons. The second kappa shape index (κ2) is 10.5. The first-order valence-electron chi connectivity index (χ1n) is 12.8. The molecule has 0 aromatic heterocycles. The Balaban J connectivity index is 1.84. The quantitative estimate of drug-likeness (QED) is 0.453. The fourth-order valence-corrected chi connectivity index (χ4v) is 9.02. The molecule has 2 bridgehead atoms. The number of carbonyl (C=O) groups is 3. The minimum absolute atomic E-state index is 0.0967. The molecule has 0 radical (unpaired) electrons. The predicted octanol–water partition coefficient (Wildman–Crippen LogP) is 3.76. The van der Waals surface area contributed by atoms with Gasteiger partial charge in [0.2, 0.25) is 11.8 Å². The van der Waals surface area contributed by atoms with Crippen molar-refractivity contribution >= 4 is 46.8 Å². The summed E-state index contributed by atoms with van der Waals surface area (Å²) in [5.74, 6) is -1.73. The summed E-state index contributed by atoms with van der Waals surface area (Å²) in [6.45, 7) is 11.9. The third-order valence-electron chi connectivity index (χ3n) is 8.29. The Bertz CT molecular complexity index is 1090. The molecule has 3 amide bonds. The van der Waals surface area contributed by atoms with Crippen molar-refractivity contribution in [1.82, 2.24) is 9.80 Å². The average molecular weight is 546 g/mol. The lowest BCUT2D eigenvalue weighted by molar-refractivity contribution is -0.145. The van der Waals surface area contributed by atoms with Crippen LogP contribution in [0.5, 0.6) is 0 Å². The van der Waals surface area contributed by atoms with E-state index in [1.807, 2.05) is 6.92 Å². The van der Waals surface area contributed by atoms with Gasteiger partial charge in [0.25, 0.3) is 5.91 Å². The first-order valence-corrected chi connectivity index (χ1v) is 14.0. The van der Waals surface area contributed by atoms with Gasteiger partial charge in [0, 0.05) is 35.6 Å². The molecule has 1 aromatic rings. The lowest BCUT2D eigenvalue weighted by atomic mass is 9.66. The number of likely N-dealkylation sites (N-methyl/N-ethyl adjacent to an activating group) is 1. The van der Waals surface area contributed by atoms with Crippen LogP contribution in [0.1, 0.15) is 33.1 Å². The Morgan fingerprint density at radius 3 is 2.43 bits per heavy atom. The Hall–Kier alpha value is -2.29. The van der Waals surface area contributed by atoms with E-state index in [0.29, 0.717) is 30.1 Å². The number of thioether (sulfide) groups is 1. The van der Waals surface area contributed by atoms with Crippen LogP contribution in [-0.2, 0) is 14.4 Å². The number of rotatable bonds is 10. The van der Waals surface area contributed by atoms with E-state index >= 15 is 0 Å². The van der Waals surface area contributed by atoms with Crippen molar-refractivity contribution in [2.45, 2.75) is 54.7 Å². The fraction of sp³-hybridized carbons (Fsp3) is 0.536. The number of halogens is 1. The molecule has 1 N–H and O–H groups in total. The monoisotopic (exact) mass is 545 g/mol. The highest BCUT2D eigenvalue weighted by atomic mass is 35.5. The van der Waals surface area contributed by atoms with E-state index in [1.54, 1.807) is 69.9 Å². The molecule has 3 saturated heterocycles. The van der Waals surface area contributed by atoms with Crippen molar-refractivity contribution in [3.8, 4) is 0 Å². The molecule has 2 unspecified atom stereocenters. The molecule has 3 aliphatic rings. The van der Waals surface area contributed by atoms with Crippen molar-refractivity contribution in [3.05, 3.63) is 54.6 Å². The van der Waals surface area contributed by atoms with E-state index in [1.165, 1.54) is 0 Å². The van der Waals surface area contributed by atoms with Crippen LogP contribution in [0.3, 0.4) is 0 Å². The van der Waals surface area contributed by atoms with Crippen molar-refractivity contribution in [2.24, 2.45) is 11.8 Å². The fourth-order valence-electron chi connectivity index (χ4n) is 6.57. The number of amides is 3. The minimum Gasteiger partial charge on any atom is -0.394 e. The van der Waals surface area contributed by atoms with Gasteiger partial charge in [0.1, 0.15) is 6.04 Å². The summed E-state index contributed by atoms with van der Waals surface area (Å²) in [5, 5.41) is 10.8. The molecule has 1 spiro atoms. The topological polar surface area (TPSA) is 81.2 Å². The largest absolute Gasteiger partial charge is 0.394 e. The molecule has 0 saturated carbocycles. The molecule has 4 rings (SSSR count). The summed E-state index contributed by atoms with van der Waals surface area (Å²) in [6.07, 6.45) is 5.20. The smallest absolute Gasteiger partial charge is 0.251 e. The van der Waals surface area contributed by atoms with Crippen LogP contribution in [0, 0.1) is 11.8 Å². The number of likely N-dealkylation sites (tertiary alicyclic amines) is 1.